The van der Waals surface area contributed by atoms with Gasteiger partial charge in [0.2, 0.25) is 0 Å². The first-order valence-corrected chi connectivity index (χ1v) is 8.04. The minimum Gasteiger partial charge on any atom is -0.495 e. The lowest BCUT2D eigenvalue weighted by Gasteiger charge is -2.35. The van der Waals surface area contributed by atoms with Crippen molar-refractivity contribution in [1.82, 2.24) is 4.90 Å². The number of halogens is 2. The van der Waals surface area contributed by atoms with E-state index >= 15 is 0 Å². The van der Waals surface area contributed by atoms with Gasteiger partial charge >= 0.3 is 0 Å². The summed E-state index contributed by atoms with van der Waals surface area (Å²) in [5.74, 6) is 1.01. The van der Waals surface area contributed by atoms with Crippen molar-refractivity contribution in [2.45, 2.75) is 12.5 Å². The van der Waals surface area contributed by atoms with E-state index in [1.54, 1.807) is 20.3 Å². The minimum absolute atomic E-state index is 0.443. The van der Waals surface area contributed by atoms with Gasteiger partial charge in [-0.15, -0.1) is 0 Å². The molecule has 1 fully saturated rings. The lowest BCUT2D eigenvalue weighted by Crippen LogP contribution is -2.39. The van der Waals surface area contributed by atoms with Crippen molar-refractivity contribution < 1.29 is 14.6 Å². The van der Waals surface area contributed by atoms with Crippen LogP contribution in [0.4, 0.5) is 5.69 Å². The maximum absolute atomic E-state index is 10.2. The topological polar surface area (TPSA) is 45.2 Å². The van der Waals surface area contributed by atoms with Crippen molar-refractivity contribution in [3.63, 3.8) is 0 Å². The van der Waals surface area contributed by atoms with Crippen LogP contribution in [-0.2, 0) is 0 Å². The van der Waals surface area contributed by atoms with Crippen LogP contribution in [0.5, 0.6) is 11.5 Å². The summed E-state index contributed by atoms with van der Waals surface area (Å²) < 4.78 is 10.6. The largest absolute Gasteiger partial charge is 0.495 e. The second-order valence-electron chi connectivity index (χ2n) is 5.65. The van der Waals surface area contributed by atoms with E-state index in [4.69, 9.17) is 32.7 Å². The Bertz CT molecular complexity index is 577. The molecule has 1 N–H and O–H groups in total. The molecule has 0 aliphatic carbocycles. The Balaban J connectivity index is 2.45. The van der Waals surface area contributed by atoms with Crippen molar-refractivity contribution in [2.24, 2.45) is 0 Å². The number of ether oxygens (including phenoxy) is 2. The number of methoxy groups -OCH3 is 2. The first kappa shape index (κ1) is 18.0. The maximum atomic E-state index is 10.2. The Labute approximate surface area is 147 Å². The summed E-state index contributed by atoms with van der Waals surface area (Å²) in [7, 11) is 6.95. The summed E-state index contributed by atoms with van der Waals surface area (Å²) >= 11 is 12.9. The monoisotopic (exact) mass is 360 g/mol. The number of nitrogens with zero attached hydrogens (tertiary/aromatic N) is 2. The van der Waals surface area contributed by atoms with Gasteiger partial charge in [0.25, 0.3) is 0 Å². The second-order valence-corrected chi connectivity index (χ2v) is 6.41. The zero-order chi connectivity index (χ0) is 17.1. The number of aliphatic hydroxyl groups excluding tert-OH is 1. The van der Waals surface area contributed by atoms with Crippen molar-refractivity contribution in [3.8, 4) is 11.5 Å². The van der Waals surface area contributed by atoms with Crippen LogP contribution < -0.4 is 14.4 Å². The van der Waals surface area contributed by atoms with Gasteiger partial charge in [-0.2, -0.15) is 0 Å². The normalized spacial score (nSPS) is 19.9. The molecule has 1 aromatic carbocycles. The van der Waals surface area contributed by atoms with Gasteiger partial charge in [0, 0.05) is 39.5 Å². The fraction of sp³-hybridized carbons (Fsp3) is 0.500. The number of benzene rings is 1. The number of anilines is 1. The average Bonchev–Trinajstić information content (AvgIpc) is 2.50. The standard InChI is InChI=1S/C16H22Cl2N2O3/c1-19(2)8-10-9-20(6-5-11(10)21)16-14(17)12(22-3)7-13(23-4)15(16)18/h7-8,11,21H,5-6,9H2,1-4H3/b10-8-. The number of piperidine rings is 1. The molecule has 1 aliphatic heterocycles. The average molecular weight is 361 g/mol. The van der Waals surface area contributed by atoms with E-state index in [0.717, 1.165) is 5.57 Å². The molecule has 0 spiro atoms. The fourth-order valence-corrected chi connectivity index (χ4v) is 3.41. The third-order valence-electron chi connectivity index (χ3n) is 3.76. The van der Waals surface area contributed by atoms with Gasteiger partial charge in [-0.3, -0.25) is 0 Å². The van der Waals surface area contributed by atoms with Gasteiger partial charge in [0.05, 0.1) is 26.0 Å². The van der Waals surface area contributed by atoms with Gasteiger partial charge in [0.15, 0.2) is 0 Å². The molecule has 0 bridgehead atoms. The highest BCUT2D eigenvalue weighted by molar-refractivity contribution is 6.41. The number of rotatable bonds is 4. The molecule has 2 rings (SSSR count). The third kappa shape index (κ3) is 3.79. The summed E-state index contributed by atoms with van der Waals surface area (Å²) in [5.41, 5.74) is 1.58. The first-order chi connectivity index (χ1) is 10.9. The molecule has 1 heterocycles. The van der Waals surface area contributed by atoms with Crippen molar-refractivity contribution >= 4 is 28.9 Å². The van der Waals surface area contributed by atoms with Crippen LogP contribution in [-0.4, -0.2) is 57.5 Å². The molecule has 0 amide bonds. The molecule has 1 unspecified atom stereocenters. The number of hydrogen-bond acceptors (Lipinski definition) is 5. The van der Waals surface area contributed by atoms with Gasteiger partial charge < -0.3 is 24.4 Å². The zero-order valence-corrected chi connectivity index (χ0v) is 15.3. The van der Waals surface area contributed by atoms with E-state index < -0.39 is 6.10 Å². The molecule has 7 heteroatoms. The Kier molecular flexibility index (Phi) is 5.89. The highest BCUT2D eigenvalue weighted by Crippen LogP contribution is 2.46. The molecule has 128 valence electrons. The van der Waals surface area contributed by atoms with E-state index in [9.17, 15) is 5.11 Å². The van der Waals surface area contributed by atoms with Crippen LogP contribution in [0.15, 0.2) is 17.8 Å². The molecule has 0 radical (unpaired) electrons. The summed E-state index contributed by atoms with van der Waals surface area (Å²) in [5, 5.41) is 11.1. The Morgan fingerprint density at radius 1 is 1.22 bits per heavy atom. The van der Waals surface area contributed by atoms with Crippen LogP contribution in [0.1, 0.15) is 6.42 Å². The quantitative estimate of drug-likeness (QED) is 0.893. The van der Waals surface area contributed by atoms with Crippen LogP contribution in [0.25, 0.3) is 0 Å². The fourth-order valence-electron chi connectivity index (χ4n) is 2.67. The molecule has 0 aromatic heterocycles. The smallest absolute Gasteiger partial charge is 0.143 e. The predicted molar refractivity (Wildman–Crippen MR) is 94.2 cm³/mol. The maximum Gasteiger partial charge on any atom is 0.143 e. The first-order valence-electron chi connectivity index (χ1n) is 7.29. The molecule has 23 heavy (non-hydrogen) atoms. The van der Waals surface area contributed by atoms with E-state index in [-0.39, 0.29) is 0 Å². The third-order valence-corrected chi connectivity index (χ3v) is 4.50. The SMILES string of the molecule is COc1cc(OC)c(Cl)c(N2CCC(O)/C(=C\N(C)C)C2)c1Cl. The molecule has 5 nitrogen and oxygen atoms in total. The van der Waals surface area contributed by atoms with E-state index in [1.165, 1.54) is 0 Å². The van der Waals surface area contributed by atoms with Crippen molar-refractivity contribution in [3.05, 3.63) is 27.9 Å². The van der Waals surface area contributed by atoms with Crippen molar-refractivity contribution in [2.75, 3.05) is 46.3 Å². The zero-order valence-electron chi connectivity index (χ0n) is 13.8. The van der Waals surface area contributed by atoms with Crippen LogP contribution >= 0.6 is 23.2 Å². The number of hydrogen-bond donors (Lipinski definition) is 1. The summed E-state index contributed by atoms with van der Waals surface area (Å²) in [6.45, 7) is 1.18. The number of aliphatic hydroxyl groups is 1. The molecular formula is C16H22Cl2N2O3. The molecule has 0 saturated carbocycles. The highest BCUT2D eigenvalue weighted by Gasteiger charge is 2.28. The highest BCUT2D eigenvalue weighted by atomic mass is 35.5. The van der Waals surface area contributed by atoms with Gasteiger partial charge in [-0.1, -0.05) is 23.2 Å². The van der Waals surface area contributed by atoms with Crippen LogP contribution in [0, 0.1) is 0 Å². The predicted octanol–water partition coefficient (Wildman–Crippen LogP) is 3.03. The summed E-state index contributed by atoms with van der Waals surface area (Å²) in [4.78, 5) is 3.95. The minimum atomic E-state index is -0.460. The van der Waals surface area contributed by atoms with Crippen LogP contribution in [0.3, 0.4) is 0 Å². The molecule has 1 saturated heterocycles. The lowest BCUT2D eigenvalue weighted by atomic mass is 10.0. The Morgan fingerprint density at radius 3 is 2.26 bits per heavy atom. The molecule has 1 atom stereocenters. The summed E-state index contributed by atoms with van der Waals surface area (Å²) in [6.07, 6.45) is 2.07. The second kappa shape index (κ2) is 7.51. The van der Waals surface area contributed by atoms with E-state index in [2.05, 4.69) is 0 Å². The van der Waals surface area contributed by atoms with Gasteiger partial charge in [-0.25, -0.2) is 0 Å². The van der Waals surface area contributed by atoms with E-state index in [0.29, 0.717) is 46.7 Å². The molecular weight excluding hydrogens is 339 g/mol. The molecule has 1 aromatic rings. The summed E-state index contributed by atoms with van der Waals surface area (Å²) in [6, 6.07) is 1.67. The van der Waals surface area contributed by atoms with Crippen molar-refractivity contribution in [1.29, 1.82) is 0 Å². The Morgan fingerprint density at radius 2 is 1.78 bits per heavy atom. The van der Waals surface area contributed by atoms with Gasteiger partial charge in [0.1, 0.15) is 21.5 Å². The van der Waals surface area contributed by atoms with Gasteiger partial charge in [-0.05, 0) is 12.0 Å². The van der Waals surface area contributed by atoms with E-state index in [1.807, 2.05) is 30.1 Å². The Hall–Kier alpha value is -1.30. The molecule has 1 aliphatic rings. The van der Waals surface area contributed by atoms with Crippen LogP contribution in [0.2, 0.25) is 10.0 Å². The lowest BCUT2D eigenvalue weighted by molar-refractivity contribution is 0.188.